The number of furan rings is 1. The van der Waals surface area contributed by atoms with Crippen molar-refractivity contribution in [1.82, 2.24) is 5.32 Å². The molecule has 1 unspecified atom stereocenters. The van der Waals surface area contributed by atoms with Gasteiger partial charge in [-0.25, -0.2) is 0 Å². The van der Waals surface area contributed by atoms with Crippen LogP contribution in [0.2, 0.25) is 0 Å². The Morgan fingerprint density at radius 1 is 1.16 bits per heavy atom. The van der Waals surface area contributed by atoms with Crippen LogP contribution in [0.25, 0.3) is 0 Å². The highest BCUT2D eigenvalue weighted by Gasteiger charge is 2.14. The quantitative estimate of drug-likeness (QED) is 0.801. The highest BCUT2D eigenvalue weighted by Crippen LogP contribution is 2.23. The van der Waals surface area contributed by atoms with Gasteiger partial charge in [0.25, 0.3) is 0 Å². The largest absolute Gasteiger partial charge is 0.469 e. The standard InChI is InChI=1S/C17H23NO/c1-3-12-18-17(16-11-13-19-14(16)2)10-9-15-7-5-4-6-8-15/h4-8,11,13,17-18H,3,9-10,12H2,1-2H3. The van der Waals surface area contributed by atoms with Crippen LogP contribution in [0.1, 0.15) is 42.7 Å². The third-order valence-corrected chi connectivity index (χ3v) is 3.48. The summed E-state index contributed by atoms with van der Waals surface area (Å²) in [6, 6.07) is 13.1. The molecule has 1 N–H and O–H groups in total. The average Bonchev–Trinajstić information content (AvgIpc) is 2.86. The SMILES string of the molecule is CCCNC(CCc1ccccc1)c1ccoc1C. The van der Waals surface area contributed by atoms with Crippen LogP contribution in [-0.2, 0) is 6.42 Å². The summed E-state index contributed by atoms with van der Waals surface area (Å²) in [5.74, 6) is 1.03. The Labute approximate surface area is 115 Å². The van der Waals surface area contributed by atoms with Gasteiger partial charge in [0.15, 0.2) is 0 Å². The minimum atomic E-state index is 0.388. The zero-order chi connectivity index (χ0) is 13.5. The summed E-state index contributed by atoms with van der Waals surface area (Å²) < 4.78 is 5.44. The molecule has 2 rings (SSSR count). The van der Waals surface area contributed by atoms with Crippen LogP contribution in [0.5, 0.6) is 0 Å². The van der Waals surface area contributed by atoms with Gasteiger partial charge in [0.2, 0.25) is 0 Å². The summed E-state index contributed by atoms with van der Waals surface area (Å²) >= 11 is 0. The molecule has 2 nitrogen and oxygen atoms in total. The average molecular weight is 257 g/mol. The number of nitrogens with one attached hydrogen (secondary N) is 1. The van der Waals surface area contributed by atoms with Crippen LogP contribution in [0, 0.1) is 6.92 Å². The first-order chi connectivity index (χ1) is 9.31. The maximum absolute atomic E-state index is 5.44. The molecule has 0 fully saturated rings. The maximum Gasteiger partial charge on any atom is 0.105 e. The van der Waals surface area contributed by atoms with Crippen molar-refractivity contribution in [3.8, 4) is 0 Å². The second kappa shape index (κ2) is 7.15. The van der Waals surface area contributed by atoms with Crippen LogP contribution < -0.4 is 5.32 Å². The first-order valence-electron chi connectivity index (χ1n) is 7.12. The topological polar surface area (TPSA) is 25.2 Å². The molecule has 1 aromatic carbocycles. The van der Waals surface area contributed by atoms with Gasteiger partial charge in [0, 0.05) is 11.6 Å². The molecule has 1 heterocycles. The van der Waals surface area contributed by atoms with Gasteiger partial charge in [0.1, 0.15) is 5.76 Å². The summed E-state index contributed by atoms with van der Waals surface area (Å²) in [5.41, 5.74) is 2.69. The van der Waals surface area contributed by atoms with E-state index in [1.54, 1.807) is 6.26 Å². The van der Waals surface area contributed by atoms with Crippen molar-refractivity contribution in [3.05, 3.63) is 59.5 Å². The summed E-state index contributed by atoms with van der Waals surface area (Å²) in [7, 11) is 0. The highest BCUT2D eigenvalue weighted by atomic mass is 16.3. The van der Waals surface area contributed by atoms with E-state index in [1.807, 2.05) is 6.92 Å². The fourth-order valence-electron chi connectivity index (χ4n) is 2.40. The van der Waals surface area contributed by atoms with Gasteiger partial charge in [-0.1, -0.05) is 37.3 Å². The lowest BCUT2D eigenvalue weighted by molar-refractivity contribution is 0.476. The Bertz CT molecular complexity index is 475. The Kier molecular flexibility index (Phi) is 5.22. The summed E-state index contributed by atoms with van der Waals surface area (Å²) in [4.78, 5) is 0. The summed E-state index contributed by atoms with van der Waals surface area (Å²) in [6.45, 7) is 5.28. The molecule has 2 aromatic rings. The van der Waals surface area contributed by atoms with Crippen LogP contribution in [-0.4, -0.2) is 6.54 Å². The first kappa shape index (κ1) is 13.9. The van der Waals surface area contributed by atoms with E-state index in [0.717, 1.165) is 31.6 Å². The van der Waals surface area contributed by atoms with E-state index < -0.39 is 0 Å². The molecule has 1 atom stereocenters. The Hall–Kier alpha value is -1.54. The van der Waals surface area contributed by atoms with Crippen molar-refractivity contribution in [2.45, 2.75) is 39.2 Å². The zero-order valence-electron chi connectivity index (χ0n) is 11.9. The number of hydrogen-bond acceptors (Lipinski definition) is 2. The molecule has 1 aromatic heterocycles. The molecule has 2 heteroatoms. The van der Waals surface area contributed by atoms with Crippen molar-refractivity contribution in [1.29, 1.82) is 0 Å². The Morgan fingerprint density at radius 2 is 1.95 bits per heavy atom. The van der Waals surface area contributed by atoms with Gasteiger partial charge in [-0.3, -0.25) is 0 Å². The van der Waals surface area contributed by atoms with Crippen LogP contribution in [0.3, 0.4) is 0 Å². The van der Waals surface area contributed by atoms with Gasteiger partial charge in [-0.15, -0.1) is 0 Å². The van der Waals surface area contributed by atoms with E-state index in [0.29, 0.717) is 6.04 Å². The smallest absolute Gasteiger partial charge is 0.105 e. The zero-order valence-corrected chi connectivity index (χ0v) is 11.9. The molecule has 0 amide bonds. The fraction of sp³-hybridized carbons (Fsp3) is 0.412. The van der Waals surface area contributed by atoms with E-state index in [-0.39, 0.29) is 0 Å². The first-order valence-corrected chi connectivity index (χ1v) is 7.12. The van der Waals surface area contributed by atoms with Gasteiger partial charge < -0.3 is 9.73 Å². The second-order valence-electron chi connectivity index (χ2n) is 4.96. The minimum absolute atomic E-state index is 0.388. The van der Waals surface area contributed by atoms with Crippen LogP contribution in [0.15, 0.2) is 47.1 Å². The van der Waals surface area contributed by atoms with Gasteiger partial charge in [-0.05, 0) is 44.4 Å². The van der Waals surface area contributed by atoms with Crippen LogP contribution in [0.4, 0.5) is 0 Å². The van der Waals surface area contributed by atoms with Crippen molar-refractivity contribution in [2.75, 3.05) is 6.54 Å². The Balaban J connectivity index is 2.00. The lowest BCUT2D eigenvalue weighted by Crippen LogP contribution is -2.23. The molecule has 0 spiro atoms. The fourth-order valence-corrected chi connectivity index (χ4v) is 2.40. The molecule has 0 aliphatic carbocycles. The number of hydrogen-bond donors (Lipinski definition) is 1. The third kappa shape index (κ3) is 3.97. The van der Waals surface area contributed by atoms with Crippen molar-refractivity contribution in [3.63, 3.8) is 0 Å². The molecule has 0 aliphatic rings. The van der Waals surface area contributed by atoms with Crippen LogP contribution >= 0.6 is 0 Å². The number of aryl methyl sites for hydroxylation is 2. The minimum Gasteiger partial charge on any atom is -0.469 e. The normalized spacial score (nSPS) is 12.5. The number of benzene rings is 1. The molecular weight excluding hydrogens is 234 g/mol. The summed E-state index contributed by atoms with van der Waals surface area (Å²) in [5, 5.41) is 3.62. The Morgan fingerprint density at radius 3 is 2.58 bits per heavy atom. The molecular formula is C17H23NO. The van der Waals surface area contributed by atoms with Crippen molar-refractivity contribution < 1.29 is 4.42 Å². The molecule has 0 aliphatic heterocycles. The van der Waals surface area contributed by atoms with Gasteiger partial charge in [0.05, 0.1) is 6.26 Å². The lowest BCUT2D eigenvalue weighted by Gasteiger charge is -2.18. The number of rotatable bonds is 7. The van der Waals surface area contributed by atoms with E-state index >= 15 is 0 Å². The predicted octanol–water partition coefficient (Wildman–Crippen LogP) is 4.26. The van der Waals surface area contributed by atoms with E-state index in [4.69, 9.17) is 4.42 Å². The molecule has 19 heavy (non-hydrogen) atoms. The third-order valence-electron chi connectivity index (χ3n) is 3.48. The highest BCUT2D eigenvalue weighted by molar-refractivity contribution is 5.21. The van der Waals surface area contributed by atoms with Crippen molar-refractivity contribution >= 4 is 0 Å². The van der Waals surface area contributed by atoms with Gasteiger partial charge >= 0.3 is 0 Å². The monoisotopic (exact) mass is 257 g/mol. The second-order valence-corrected chi connectivity index (χ2v) is 4.96. The van der Waals surface area contributed by atoms with E-state index in [9.17, 15) is 0 Å². The lowest BCUT2D eigenvalue weighted by atomic mass is 9.99. The van der Waals surface area contributed by atoms with E-state index in [2.05, 4.69) is 48.6 Å². The van der Waals surface area contributed by atoms with Crippen molar-refractivity contribution in [2.24, 2.45) is 0 Å². The van der Waals surface area contributed by atoms with E-state index in [1.165, 1.54) is 11.1 Å². The maximum atomic E-state index is 5.44. The predicted molar refractivity (Wildman–Crippen MR) is 79.2 cm³/mol. The molecule has 0 saturated heterocycles. The molecule has 0 saturated carbocycles. The molecule has 0 radical (unpaired) electrons. The summed E-state index contributed by atoms with van der Waals surface area (Å²) in [6.07, 6.45) is 5.13. The van der Waals surface area contributed by atoms with Gasteiger partial charge in [-0.2, -0.15) is 0 Å². The molecule has 0 bridgehead atoms. The molecule has 102 valence electrons.